The van der Waals surface area contributed by atoms with Gasteiger partial charge in [-0.1, -0.05) is 0 Å². The van der Waals surface area contributed by atoms with Gasteiger partial charge in [-0.3, -0.25) is 9.55 Å². The first-order valence-corrected chi connectivity index (χ1v) is 10.4. The molecule has 5 rings (SSSR count). The number of nitrogens with zero attached hydrogens (tertiary/aromatic N) is 4. The molecule has 178 valence electrons. The number of anilines is 1. The van der Waals surface area contributed by atoms with Crippen molar-refractivity contribution < 1.29 is 31.4 Å². The molecule has 1 saturated heterocycles. The molecule has 12 heteroatoms. The van der Waals surface area contributed by atoms with E-state index < -0.39 is 40.7 Å². The SMILES string of the molecule is O=c1nc(OCc2cc(F)c(Oc3ccnc(C(F)(F)F)c3)c(F)c2)cc2n1CC1CCCN21. The van der Waals surface area contributed by atoms with E-state index in [1.165, 1.54) is 0 Å². The van der Waals surface area contributed by atoms with E-state index in [1.54, 1.807) is 10.6 Å². The summed E-state index contributed by atoms with van der Waals surface area (Å²) in [5.41, 5.74) is -1.64. The van der Waals surface area contributed by atoms with Crippen molar-refractivity contribution in [2.45, 2.75) is 38.2 Å². The molecule has 34 heavy (non-hydrogen) atoms. The molecule has 0 N–H and O–H groups in total. The van der Waals surface area contributed by atoms with Gasteiger partial charge in [0.2, 0.25) is 5.88 Å². The normalized spacial score (nSPS) is 17.0. The Balaban J connectivity index is 1.32. The maximum absolute atomic E-state index is 14.5. The third-order valence-electron chi connectivity index (χ3n) is 5.72. The molecule has 7 nitrogen and oxygen atoms in total. The number of halogens is 5. The van der Waals surface area contributed by atoms with Gasteiger partial charge < -0.3 is 14.4 Å². The average molecular weight is 480 g/mol. The lowest BCUT2D eigenvalue weighted by atomic mass is 10.2. The average Bonchev–Trinajstić information content (AvgIpc) is 3.37. The van der Waals surface area contributed by atoms with E-state index in [4.69, 9.17) is 9.47 Å². The zero-order chi connectivity index (χ0) is 24.0. The summed E-state index contributed by atoms with van der Waals surface area (Å²) in [6.45, 7) is 1.11. The Kier molecular flexibility index (Phi) is 5.37. The molecule has 0 spiro atoms. The lowest BCUT2D eigenvalue weighted by Crippen LogP contribution is -2.24. The van der Waals surface area contributed by atoms with Crippen LogP contribution in [0.15, 0.2) is 41.3 Å². The molecule has 0 aliphatic carbocycles. The largest absolute Gasteiger partial charge is 0.473 e. The highest BCUT2D eigenvalue weighted by molar-refractivity contribution is 5.48. The minimum Gasteiger partial charge on any atom is -0.473 e. The minimum absolute atomic E-state index is 0.0291. The van der Waals surface area contributed by atoms with E-state index >= 15 is 0 Å². The van der Waals surface area contributed by atoms with E-state index in [9.17, 15) is 26.7 Å². The second kappa shape index (κ2) is 8.26. The fourth-order valence-corrected chi connectivity index (χ4v) is 4.19. The molecule has 3 aromatic rings. The fraction of sp³-hybridized carbons (Fsp3) is 0.318. The number of ether oxygens (including phenoxy) is 2. The predicted molar refractivity (Wildman–Crippen MR) is 109 cm³/mol. The van der Waals surface area contributed by atoms with E-state index in [1.807, 2.05) is 0 Å². The van der Waals surface area contributed by atoms with Gasteiger partial charge in [0.05, 0.1) is 0 Å². The van der Waals surface area contributed by atoms with Gasteiger partial charge in [0.25, 0.3) is 0 Å². The molecular weight excluding hydrogens is 463 g/mol. The molecule has 0 bridgehead atoms. The van der Waals surface area contributed by atoms with Crippen LogP contribution in [0.3, 0.4) is 0 Å². The molecule has 1 unspecified atom stereocenters. The molecule has 0 radical (unpaired) electrons. The van der Waals surface area contributed by atoms with Crippen LogP contribution in [0, 0.1) is 11.6 Å². The molecule has 2 aliphatic heterocycles. The third kappa shape index (κ3) is 4.15. The summed E-state index contributed by atoms with van der Waals surface area (Å²) in [6, 6.07) is 5.33. The highest BCUT2D eigenvalue weighted by Crippen LogP contribution is 2.34. The number of pyridine rings is 1. The summed E-state index contributed by atoms with van der Waals surface area (Å²) >= 11 is 0. The van der Waals surface area contributed by atoms with Crippen LogP contribution in [0.4, 0.5) is 27.8 Å². The first kappa shape index (κ1) is 22.1. The summed E-state index contributed by atoms with van der Waals surface area (Å²) in [5.74, 6) is -2.82. The van der Waals surface area contributed by atoms with Crippen molar-refractivity contribution >= 4 is 5.82 Å². The Morgan fingerprint density at radius 1 is 1.12 bits per heavy atom. The van der Waals surface area contributed by atoms with Gasteiger partial charge in [0.15, 0.2) is 17.4 Å². The molecule has 0 amide bonds. The van der Waals surface area contributed by atoms with Gasteiger partial charge >= 0.3 is 11.9 Å². The summed E-state index contributed by atoms with van der Waals surface area (Å²) in [7, 11) is 0. The second-order valence-electron chi connectivity index (χ2n) is 7.99. The van der Waals surface area contributed by atoms with Gasteiger partial charge in [-0.25, -0.2) is 13.6 Å². The Morgan fingerprint density at radius 2 is 1.88 bits per heavy atom. The van der Waals surface area contributed by atoms with Gasteiger partial charge in [0.1, 0.15) is 23.9 Å². The first-order chi connectivity index (χ1) is 16.2. The summed E-state index contributed by atoms with van der Waals surface area (Å²) < 4.78 is 79.5. The van der Waals surface area contributed by atoms with Crippen LogP contribution in [0.25, 0.3) is 0 Å². The Labute approximate surface area is 189 Å². The van der Waals surface area contributed by atoms with Crippen LogP contribution in [0.1, 0.15) is 24.1 Å². The summed E-state index contributed by atoms with van der Waals surface area (Å²) in [6.07, 6.45) is -1.89. The molecule has 1 atom stereocenters. The summed E-state index contributed by atoms with van der Waals surface area (Å²) in [5, 5.41) is 0. The van der Waals surface area contributed by atoms with Crippen molar-refractivity contribution in [3.05, 3.63) is 69.9 Å². The van der Waals surface area contributed by atoms with Crippen LogP contribution < -0.4 is 20.1 Å². The number of hydrogen-bond acceptors (Lipinski definition) is 6. The van der Waals surface area contributed by atoms with E-state index in [0.717, 1.165) is 43.8 Å². The number of benzene rings is 1. The van der Waals surface area contributed by atoms with E-state index in [2.05, 4.69) is 14.9 Å². The Hall–Kier alpha value is -3.70. The standard InChI is InChI=1S/C22H17F5N4O3/c23-15-6-12(7-16(24)20(15)34-14-3-4-28-17(8-14)22(25,26)27)11-33-18-9-19-30-5-1-2-13(30)10-31(19)21(32)29-18/h3-4,6-9,13H,1-2,5,10-11H2. The molecule has 4 heterocycles. The van der Waals surface area contributed by atoms with Crippen LogP contribution >= 0.6 is 0 Å². The number of fused-ring (bicyclic) bond motifs is 3. The predicted octanol–water partition coefficient (Wildman–Crippen LogP) is 4.29. The molecular formula is C22H17F5N4O3. The zero-order valence-electron chi connectivity index (χ0n) is 17.5. The van der Waals surface area contributed by atoms with Gasteiger partial charge in [-0.05, 0) is 36.6 Å². The lowest BCUT2D eigenvalue weighted by molar-refractivity contribution is -0.141. The van der Waals surface area contributed by atoms with Crippen molar-refractivity contribution in [2.75, 3.05) is 11.4 Å². The lowest BCUT2D eigenvalue weighted by Gasteiger charge is -2.17. The van der Waals surface area contributed by atoms with E-state index in [-0.39, 0.29) is 24.1 Å². The highest BCUT2D eigenvalue weighted by Gasteiger charge is 2.35. The Morgan fingerprint density at radius 3 is 2.62 bits per heavy atom. The van der Waals surface area contributed by atoms with E-state index in [0.29, 0.717) is 18.4 Å². The first-order valence-electron chi connectivity index (χ1n) is 10.4. The van der Waals surface area contributed by atoms with Crippen molar-refractivity contribution in [3.63, 3.8) is 0 Å². The van der Waals surface area contributed by atoms with Crippen LogP contribution in [-0.2, 0) is 19.3 Å². The molecule has 2 aromatic heterocycles. The molecule has 1 aromatic carbocycles. The van der Waals surface area contributed by atoms with Gasteiger partial charge in [0, 0.05) is 37.5 Å². The second-order valence-corrected chi connectivity index (χ2v) is 7.99. The quantitative estimate of drug-likeness (QED) is 0.508. The molecule has 0 saturated carbocycles. The topological polar surface area (TPSA) is 69.5 Å². The highest BCUT2D eigenvalue weighted by atomic mass is 19.4. The zero-order valence-corrected chi connectivity index (χ0v) is 17.5. The number of aromatic nitrogens is 3. The maximum atomic E-state index is 14.5. The van der Waals surface area contributed by atoms with Gasteiger partial charge in [-0.2, -0.15) is 18.2 Å². The molecule has 1 fully saturated rings. The van der Waals surface area contributed by atoms with Crippen LogP contribution in [0.2, 0.25) is 0 Å². The third-order valence-corrected chi connectivity index (χ3v) is 5.72. The Bertz CT molecular complexity index is 1290. The van der Waals surface area contributed by atoms with Crippen molar-refractivity contribution in [3.8, 4) is 17.4 Å². The van der Waals surface area contributed by atoms with Crippen LogP contribution in [-0.4, -0.2) is 27.1 Å². The smallest absolute Gasteiger partial charge is 0.433 e. The van der Waals surface area contributed by atoms with Crippen molar-refractivity contribution in [1.29, 1.82) is 0 Å². The minimum atomic E-state index is -4.73. The van der Waals surface area contributed by atoms with Crippen LogP contribution in [0.5, 0.6) is 17.4 Å². The van der Waals surface area contributed by atoms with Crippen molar-refractivity contribution in [1.82, 2.24) is 14.5 Å². The number of rotatable bonds is 5. The maximum Gasteiger partial charge on any atom is 0.433 e. The molecule has 2 aliphatic rings. The number of alkyl halides is 3. The van der Waals surface area contributed by atoms with Gasteiger partial charge in [-0.15, -0.1) is 0 Å². The number of hydrogen-bond donors (Lipinski definition) is 0. The summed E-state index contributed by atoms with van der Waals surface area (Å²) in [4.78, 5) is 21.5. The van der Waals surface area contributed by atoms with Crippen molar-refractivity contribution in [2.24, 2.45) is 0 Å². The fourth-order valence-electron chi connectivity index (χ4n) is 4.19. The monoisotopic (exact) mass is 480 g/mol.